The fourth-order valence-corrected chi connectivity index (χ4v) is 3.53. The van der Waals surface area contributed by atoms with Gasteiger partial charge in [0.05, 0.1) is 6.54 Å². The van der Waals surface area contributed by atoms with Crippen LogP contribution in [0.3, 0.4) is 0 Å². The van der Waals surface area contributed by atoms with Gasteiger partial charge < -0.3 is 15.5 Å². The second-order valence-corrected chi connectivity index (χ2v) is 8.02. The summed E-state index contributed by atoms with van der Waals surface area (Å²) >= 11 is 0. The van der Waals surface area contributed by atoms with Gasteiger partial charge in [-0.15, -0.1) is 0 Å². The molecule has 0 unspecified atom stereocenters. The standard InChI is InChI=1S/C24H30N4O3/c1-18-8-10-21(11-9-18)26-22(29)17-27-12-14-28(15-13-27)23(30)16-19(2)25-24(31)20-6-4-3-5-7-20/h3-11,19H,12-17H2,1-2H3,(H,25,31)(H,26,29)/t19-/m0/s1. The molecule has 0 saturated carbocycles. The molecule has 0 radical (unpaired) electrons. The van der Waals surface area contributed by atoms with Crippen LogP contribution < -0.4 is 10.6 Å². The van der Waals surface area contributed by atoms with Crippen molar-refractivity contribution in [1.82, 2.24) is 15.1 Å². The van der Waals surface area contributed by atoms with Crippen LogP contribution in [0.15, 0.2) is 54.6 Å². The van der Waals surface area contributed by atoms with Crippen LogP contribution in [0.25, 0.3) is 0 Å². The number of carbonyl (C=O) groups is 3. The van der Waals surface area contributed by atoms with E-state index in [-0.39, 0.29) is 30.2 Å². The van der Waals surface area contributed by atoms with Gasteiger partial charge in [0.2, 0.25) is 11.8 Å². The number of nitrogens with one attached hydrogen (secondary N) is 2. The SMILES string of the molecule is Cc1ccc(NC(=O)CN2CCN(C(=O)C[C@H](C)NC(=O)c3ccccc3)CC2)cc1. The first-order valence-electron chi connectivity index (χ1n) is 10.6. The van der Waals surface area contributed by atoms with Gasteiger partial charge in [0.15, 0.2) is 0 Å². The molecule has 1 atom stereocenters. The van der Waals surface area contributed by atoms with Crippen LogP contribution in [0.4, 0.5) is 5.69 Å². The average Bonchev–Trinajstić information content (AvgIpc) is 2.76. The van der Waals surface area contributed by atoms with Crippen LogP contribution in [-0.2, 0) is 9.59 Å². The number of hydrogen-bond acceptors (Lipinski definition) is 4. The van der Waals surface area contributed by atoms with Crippen LogP contribution in [0.5, 0.6) is 0 Å². The highest BCUT2D eigenvalue weighted by Gasteiger charge is 2.24. The van der Waals surface area contributed by atoms with Gasteiger partial charge >= 0.3 is 0 Å². The zero-order chi connectivity index (χ0) is 22.2. The van der Waals surface area contributed by atoms with Gasteiger partial charge in [-0.1, -0.05) is 35.9 Å². The van der Waals surface area contributed by atoms with Crippen molar-refractivity contribution >= 4 is 23.4 Å². The summed E-state index contributed by atoms with van der Waals surface area (Å²) in [4.78, 5) is 41.0. The highest BCUT2D eigenvalue weighted by Crippen LogP contribution is 2.10. The molecule has 3 amide bonds. The lowest BCUT2D eigenvalue weighted by Gasteiger charge is -2.34. The Hall–Kier alpha value is -3.19. The van der Waals surface area contributed by atoms with Crippen molar-refractivity contribution in [2.45, 2.75) is 26.3 Å². The summed E-state index contributed by atoms with van der Waals surface area (Å²) in [7, 11) is 0. The highest BCUT2D eigenvalue weighted by atomic mass is 16.2. The van der Waals surface area contributed by atoms with Gasteiger partial charge in [-0.05, 0) is 38.1 Å². The molecule has 164 valence electrons. The molecule has 1 aliphatic rings. The van der Waals surface area contributed by atoms with Crippen molar-refractivity contribution in [3.8, 4) is 0 Å². The molecule has 31 heavy (non-hydrogen) atoms. The Bertz CT molecular complexity index is 891. The Morgan fingerprint density at radius 2 is 1.58 bits per heavy atom. The fraction of sp³-hybridized carbons (Fsp3) is 0.375. The molecule has 1 fully saturated rings. The summed E-state index contributed by atoms with van der Waals surface area (Å²) in [6.45, 7) is 6.61. The Balaban J connectivity index is 1.38. The summed E-state index contributed by atoms with van der Waals surface area (Å²) in [5.74, 6) is -0.212. The number of nitrogens with zero attached hydrogens (tertiary/aromatic N) is 2. The first-order valence-corrected chi connectivity index (χ1v) is 10.6. The Morgan fingerprint density at radius 1 is 0.935 bits per heavy atom. The monoisotopic (exact) mass is 422 g/mol. The second-order valence-electron chi connectivity index (χ2n) is 8.02. The molecule has 7 nitrogen and oxygen atoms in total. The van der Waals surface area contributed by atoms with E-state index < -0.39 is 0 Å². The predicted octanol–water partition coefficient (Wildman–Crippen LogP) is 2.29. The van der Waals surface area contributed by atoms with Gasteiger partial charge in [0, 0.05) is 49.9 Å². The number of anilines is 1. The zero-order valence-electron chi connectivity index (χ0n) is 18.1. The molecule has 1 saturated heterocycles. The van der Waals surface area contributed by atoms with Crippen LogP contribution >= 0.6 is 0 Å². The average molecular weight is 423 g/mol. The third-order valence-corrected chi connectivity index (χ3v) is 5.32. The van der Waals surface area contributed by atoms with Crippen LogP contribution in [-0.4, -0.2) is 66.3 Å². The lowest BCUT2D eigenvalue weighted by molar-refractivity contribution is -0.133. The van der Waals surface area contributed by atoms with E-state index >= 15 is 0 Å². The number of aryl methyl sites for hydroxylation is 1. The van der Waals surface area contributed by atoms with Crippen molar-refractivity contribution < 1.29 is 14.4 Å². The summed E-state index contributed by atoms with van der Waals surface area (Å²) in [6.07, 6.45) is 0.256. The Kier molecular flexibility index (Phi) is 7.78. The molecular formula is C24H30N4O3. The maximum absolute atomic E-state index is 12.6. The molecule has 7 heteroatoms. The summed E-state index contributed by atoms with van der Waals surface area (Å²) in [6, 6.07) is 16.4. The number of benzene rings is 2. The van der Waals surface area contributed by atoms with Crippen LogP contribution in [0.2, 0.25) is 0 Å². The summed E-state index contributed by atoms with van der Waals surface area (Å²) in [5.41, 5.74) is 2.52. The molecule has 2 N–H and O–H groups in total. The largest absolute Gasteiger partial charge is 0.349 e. The Labute approximate surface area is 183 Å². The number of hydrogen-bond donors (Lipinski definition) is 2. The van der Waals surface area contributed by atoms with Gasteiger partial charge in [-0.3, -0.25) is 19.3 Å². The van der Waals surface area contributed by atoms with E-state index in [1.54, 1.807) is 17.0 Å². The van der Waals surface area contributed by atoms with Crippen molar-refractivity contribution in [1.29, 1.82) is 0 Å². The number of carbonyl (C=O) groups excluding carboxylic acids is 3. The second kappa shape index (κ2) is 10.7. The predicted molar refractivity (Wildman–Crippen MR) is 121 cm³/mol. The molecule has 0 bridgehead atoms. The van der Waals surface area contributed by atoms with E-state index in [4.69, 9.17) is 0 Å². The number of amides is 3. The van der Waals surface area contributed by atoms with Gasteiger partial charge in [-0.25, -0.2) is 0 Å². The molecule has 0 aromatic heterocycles. The highest BCUT2D eigenvalue weighted by molar-refractivity contribution is 5.94. The van der Waals surface area contributed by atoms with E-state index in [0.29, 0.717) is 38.3 Å². The van der Waals surface area contributed by atoms with Gasteiger partial charge in [0.25, 0.3) is 5.91 Å². The van der Waals surface area contributed by atoms with Gasteiger partial charge in [0.1, 0.15) is 0 Å². The number of rotatable bonds is 7. The minimum Gasteiger partial charge on any atom is -0.349 e. The third kappa shape index (κ3) is 6.93. The lowest BCUT2D eigenvalue weighted by Crippen LogP contribution is -2.51. The van der Waals surface area contributed by atoms with Gasteiger partial charge in [-0.2, -0.15) is 0 Å². The first-order chi connectivity index (χ1) is 14.9. The molecule has 1 aliphatic heterocycles. The molecule has 3 rings (SSSR count). The van der Waals surface area contributed by atoms with E-state index in [2.05, 4.69) is 10.6 Å². The topological polar surface area (TPSA) is 81.8 Å². The number of piperazine rings is 1. The molecule has 0 aliphatic carbocycles. The normalized spacial score (nSPS) is 15.2. The molecular weight excluding hydrogens is 392 g/mol. The van der Waals surface area contributed by atoms with Crippen molar-refractivity contribution in [2.75, 3.05) is 38.0 Å². The summed E-state index contributed by atoms with van der Waals surface area (Å²) < 4.78 is 0. The fourth-order valence-electron chi connectivity index (χ4n) is 3.53. The first kappa shape index (κ1) is 22.5. The van der Waals surface area contributed by atoms with E-state index in [9.17, 15) is 14.4 Å². The zero-order valence-corrected chi connectivity index (χ0v) is 18.1. The Morgan fingerprint density at radius 3 is 2.23 bits per heavy atom. The molecule has 0 spiro atoms. The van der Waals surface area contributed by atoms with Crippen molar-refractivity contribution in [2.24, 2.45) is 0 Å². The lowest BCUT2D eigenvalue weighted by atomic mass is 10.1. The summed E-state index contributed by atoms with van der Waals surface area (Å²) in [5, 5.41) is 5.78. The third-order valence-electron chi connectivity index (χ3n) is 5.32. The van der Waals surface area contributed by atoms with Crippen LogP contribution in [0, 0.1) is 6.92 Å². The quantitative estimate of drug-likeness (QED) is 0.717. The minimum atomic E-state index is -0.251. The van der Waals surface area contributed by atoms with E-state index in [0.717, 1.165) is 11.3 Å². The molecule has 2 aromatic carbocycles. The minimum absolute atomic E-state index is 0.0182. The maximum Gasteiger partial charge on any atom is 0.251 e. The molecule has 2 aromatic rings. The maximum atomic E-state index is 12.6. The van der Waals surface area contributed by atoms with Crippen molar-refractivity contribution in [3.05, 3.63) is 65.7 Å². The van der Waals surface area contributed by atoms with Crippen molar-refractivity contribution in [3.63, 3.8) is 0 Å². The smallest absolute Gasteiger partial charge is 0.251 e. The van der Waals surface area contributed by atoms with Crippen LogP contribution in [0.1, 0.15) is 29.3 Å². The van der Waals surface area contributed by atoms with E-state index in [1.165, 1.54) is 0 Å². The van der Waals surface area contributed by atoms with E-state index in [1.807, 2.05) is 61.2 Å². The molecule has 1 heterocycles.